The molecule has 0 fully saturated rings. The molecule has 12 heavy (non-hydrogen) atoms. The van der Waals surface area contributed by atoms with E-state index < -0.39 is 4.92 Å². The van der Waals surface area contributed by atoms with E-state index in [1.54, 1.807) is 12.1 Å². The van der Waals surface area contributed by atoms with Gasteiger partial charge in [-0.25, -0.2) is 0 Å². The fraction of sp³-hybridized carbons (Fsp3) is 0.250. The Morgan fingerprint density at radius 3 is 2.00 bits per heavy atom. The Morgan fingerprint density at radius 1 is 1.25 bits per heavy atom. The Balaban J connectivity index is 0.000000561. The van der Waals surface area contributed by atoms with E-state index >= 15 is 0 Å². The lowest BCUT2D eigenvalue weighted by atomic mass is 10.3. The van der Waals surface area contributed by atoms with Crippen molar-refractivity contribution >= 4 is 20.2 Å². The van der Waals surface area contributed by atoms with Crippen LogP contribution in [0.5, 0.6) is 0 Å². The quantitative estimate of drug-likeness (QED) is 0.382. The van der Waals surface area contributed by atoms with Crippen LogP contribution in [-0.2, 0) is 0 Å². The van der Waals surface area contributed by atoms with Gasteiger partial charge >= 0.3 is 0 Å². The van der Waals surface area contributed by atoms with Gasteiger partial charge in [-0.2, -0.15) is 0 Å². The standard InChI is InChI=1S/C6H6NO2P.C2H6/c8-7(9)5-1-3-6(10)4-2-5;1-2/h1-4H,10H2;1-2H3. The van der Waals surface area contributed by atoms with Gasteiger partial charge < -0.3 is 0 Å². The summed E-state index contributed by atoms with van der Waals surface area (Å²) in [7, 11) is 2.46. The maximum atomic E-state index is 10.1. The molecule has 0 N–H and O–H groups in total. The van der Waals surface area contributed by atoms with Crippen molar-refractivity contribution in [1.29, 1.82) is 0 Å². The molecule has 1 aromatic carbocycles. The number of nitro benzene ring substituents is 1. The third kappa shape index (κ3) is 3.44. The highest BCUT2D eigenvalue weighted by atomic mass is 31.0. The van der Waals surface area contributed by atoms with Gasteiger partial charge in [0.2, 0.25) is 0 Å². The zero-order chi connectivity index (χ0) is 9.56. The highest BCUT2D eigenvalue weighted by Gasteiger charge is 2.00. The molecule has 0 saturated carbocycles. The molecule has 4 heteroatoms. The molecule has 1 unspecified atom stereocenters. The Bertz CT molecular complexity index is 246. The number of hydrogen-bond acceptors (Lipinski definition) is 2. The number of non-ortho nitro benzene ring substituents is 1. The van der Waals surface area contributed by atoms with Gasteiger partial charge in [-0.3, -0.25) is 10.1 Å². The molecular weight excluding hydrogens is 173 g/mol. The van der Waals surface area contributed by atoms with Gasteiger partial charge in [0.25, 0.3) is 5.69 Å². The molecule has 0 spiro atoms. The molecule has 1 aromatic rings. The summed E-state index contributed by atoms with van der Waals surface area (Å²) in [5.74, 6) is 0. The van der Waals surface area contributed by atoms with Crippen molar-refractivity contribution in [2.45, 2.75) is 13.8 Å². The second kappa shape index (κ2) is 5.67. The van der Waals surface area contributed by atoms with Crippen LogP contribution in [0.3, 0.4) is 0 Å². The molecule has 0 saturated heterocycles. The van der Waals surface area contributed by atoms with Crippen LogP contribution in [0.4, 0.5) is 5.69 Å². The lowest BCUT2D eigenvalue weighted by molar-refractivity contribution is -0.384. The lowest BCUT2D eigenvalue weighted by Gasteiger charge is -1.89. The first-order valence-corrected chi connectivity index (χ1v) is 4.28. The summed E-state index contributed by atoms with van der Waals surface area (Å²) in [6.07, 6.45) is 0. The molecule has 0 bridgehead atoms. The van der Waals surface area contributed by atoms with E-state index in [-0.39, 0.29) is 5.69 Å². The van der Waals surface area contributed by atoms with Gasteiger partial charge in [-0.05, 0) is 17.4 Å². The zero-order valence-electron chi connectivity index (χ0n) is 7.15. The predicted octanol–water partition coefficient (Wildman–Crippen LogP) is 2.12. The molecule has 66 valence electrons. The van der Waals surface area contributed by atoms with Gasteiger partial charge in [0.05, 0.1) is 4.92 Å². The fourth-order valence-corrected chi connectivity index (χ4v) is 0.788. The van der Waals surface area contributed by atoms with Crippen LogP contribution in [0.2, 0.25) is 0 Å². The van der Waals surface area contributed by atoms with Crippen LogP contribution in [0.15, 0.2) is 24.3 Å². The zero-order valence-corrected chi connectivity index (χ0v) is 8.31. The van der Waals surface area contributed by atoms with Gasteiger partial charge in [0.15, 0.2) is 0 Å². The van der Waals surface area contributed by atoms with Crippen molar-refractivity contribution in [1.82, 2.24) is 0 Å². The summed E-state index contributed by atoms with van der Waals surface area (Å²) >= 11 is 0. The third-order valence-corrected chi connectivity index (χ3v) is 1.49. The predicted molar refractivity (Wildman–Crippen MR) is 53.8 cm³/mol. The number of hydrogen-bond donors (Lipinski definition) is 0. The number of rotatable bonds is 1. The van der Waals surface area contributed by atoms with Gasteiger partial charge in [0, 0.05) is 12.1 Å². The summed E-state index contributed by atoms with van der Waals surface area (Å²) < 4.78 is 0. The van der Waals surface area contributed by atoms with Gasteiger partial charge in [0.1, 0.15) is 0 Å². The molecule has 0 radical (unpaired) electrons. The van der Waals surface area contributed by atoms with Crippen molar-refractivity contribution in [3.8, 4) is 0 Å². The second-order valence-corrected chi connectivity index (χ2v) is 2.52. The van der Waals surface area contributed by atoms with Crippen LogP contribution >= 0.6 is 9.24 Å². The summed E-state index contributed by atoms with van der Waals surface area (Å²) in [5.41, 5.74) is 0.131. The average Bonchev–Trinajstić information content (AvgIpc) is 2.09. The molecule has 1 atom stereocenters. The Labute approximate surface area is 74.1 Å². The van der Waals surface area contributed by atoms with Crippen LogP contribution in [0.25, 0.3) is 0 Å². The first-order chi connectivity index (χ1) is 5.70. The van der Waals surface area contributed by atoms with E-state index in [4.69, 9.17) is 0 Å². The van der Waals surface area contributed by atoms with Gasteiger partial charge in [-0.15, -0.1) is 9.24 Å². The van der Waals surface area contributed by atoms with E-state index in [0.29, 0.717) is 0 Å². The molecule has 0 aliphatic rings. The van der Waals surface area contributed by atoms with E-state index in [9.17, 15) is 10.1 Å². The topological polar surface area (TPSA) is 43.1 Å². The van der Waals surface area contributed by atoms with Gasteiger partial charge in [-0.1, -0.05) is 13.8 Å². The normalized spacial score (nSPS) is 8.25. The fourth-order valence-electron chi connectivity index (χ4n) is 0.596. The number of nitro groups is 1. The molecular formula is C8H12NO2P. The molecule has 0 aromatic heterocycles. The Kier molecular flexibility index (Phi) is 5.22. The molecule has 3 nitrogen and oxygen atoms in total. The SMILES string of the molecule is CC.O=[N+]([O-])c1ccc(P)cc1. The molecule has 0 aliphatic heterocycles. The second-order valence-electron chi connectivity index (χ2n) is 1.85. The smallest absolute Gasteiger partial charge is 0.258 e. The van der Waals surface area contributed by atoms with Crippen LogP contribution in [0, 0.1) is 10.1 Å². The van der Waals surface area contributed by atoms with Crippen molar-refractivity contribution in [2.24, 2.45) is 0 Å². The number of benzene rings is 1. The van der Waals surface area contributed by atoms with Crippen LogP contribution < -0.4 is 5.30 Å². The van der Waals surface area contributed by atoms with Crippen molar-refractivity contribution in [3.05, 3.63) is 34.4 Å². The van der Waals surface area contributed by atoms with Crippen molar-refractivity contribution in [3.63, 3.8) is 0 Å². The van der Waals surface area contributed by atoms with Crippen LogP contribution in [-0.4, -0.2) is 4.92 Å². The first kappa shape index (κ1) is 11.1. The largest absolute Gasteiger partial charge is 0.269 e. The lowest BCUT2D eigenvalue weighted by Crippen LogP contribution is -1.91. The van der Waals surface area contributed by atoms with E-state index in [1.165, 1.54) is 12.1 Å². The van der Waals surface area contributed by atoms with Crippen molar-refractivity contribution < 1.29 is 4.92 Å². The monoisotopic (exact) mass is 185 g/mol. The number of nitrogens with zero attached hydrogens (tertiary/aromatic N) is 1. The highest BCUT2D eigenvalue weighted by molar-refractivity contribution is 7.27. The Morgan fingerprint density at radius 2 is 1.67 bits per heavy atom. The molecule has 0 heterocycles. The van der Waals surface area contributed by atoms with Crippen LogP contribution in [0.1, 0.15) is 13.8 Å². The summed E-state index contributed by atoms with van der Waals surface area (Å²) in [6, 6.07) is 6.32. The maximum Gasteiger partial charge on any atom is 0.269 e. The average molecular weight is 185 g/mol. The maximum absolute atomic E-state index is 10.1. The minimum atomic E-state index is -0.413. The molecule has 0 aliphatic carbocycles. The van der Waals surface area contributed by atoms with E-state index in [1.807, 2.05) is 13.8 Å². The van der Waals surface area contributed by atoms with Crippen molar-refractivity contribution in [2.75, 3.05) is 0 Å². The molecule has 0 amide bonds. The minimum Gasteiger partial charge on any atom is -0.258 e. The first-order valence-electron chi connectivity index (χ1n) is 3.70. The third-order valence-electron chi connectivity index (χ3n) is 1.10. The summed E-state index contributed by atoms with van der Waals surface area (Å²) in [5, 5.41) is 11.1. The van der Waals surface area contributed by atoms with E-state index in [2.05, 4.69) is 9.24 Å². The Hall–Kier alpha value is -0.950. The summed E-state index contributed by atoms with van der Waals surface area (Å²) in [4.78, 5) is 9.70. The summed E-state index contributed by atoms with van der Waals surface area (Å²) in [6.45, 7) is 4.00. The highest BCUT2D eigenvalue weighted by Crippen LogP contribution is 2.07. The van der Waals surface area contributed by atoms with E-state index in [0.717, 1.165) is 5.30 Å². The molecule has 1 rings (SSSR count). The minimum absolute atomic E-state index is 0.131.